The van der Waals surface area contributed by atoms with Crippen LogP contribution >= 0.6 is 0 Å². The Morgan fingerprint density at radius 2 is 2.33 bits per heavy atom. The van der Waals surface area contributed by atoms with E-state index in [1.807, 2.05) is 6.08 Å². The van der Waals surface area contributed by atoms with Crippen LogP contribution in [0.25, 0.3) is 0 Å². The van der Waals surface area contributed by atoms with Gasteiger partial charge in [0.05, 0.1) is 6.54 Å². The van der Waals surface area contributed by atoms with E-state index in [0.29, 0.717) is 12.0 Å². The van der Waals surface area contributed by atoms with Crippen molar-refractivity contribution in [2.24, 2.45) is 10.4 Å². The molecule has 1 aliphatic heterocycles. The van der Waals surface area contributed by atoms with Crippen molar-refractivity contribution in [2.45, 2.75) is 27.2 Å². The van der Waals surface area contributed by atoms with Crippen LogP contribution in [0.5, 0.6) is 0 Å². The second-order valence-electron chi connectivity index (χ2n) is 4.82. The SMILES string of the molecule is C=CCN=C(NCC)N1CCC(C)(C)C1. The second-order valence-corrected chi connectivity index (χ2v) is 4.82. The number of aliphatic imine (C=N–C) groups is 1. The molecule has 0 aromatic rings. The lowest BCUT2D eigenvalue weighted by atomic mass is 9.93. The first-order valence-corrected chi connectivity index (χ1v) is 5.73. The highest BCUT2D eigenvalue weighted by Crippen LogP contribution is 2.28. The molecule has 0 unspecified atom stereocenters. The van der Waals surface area contributed by atoms with Crippen molar-refractivity contribution in [3.8, 4) is 0 Å². The summed E-state index contributed by atoms with van der Waals surface area (Å²) in [5.41, 5.74) is 0.421. The molecule has 0 amide bonds. The molecular weight excluding hydrogens is 186 g/mol. The van der Waals surface area contributed by atoms with E-state index < -0.39 is 0 Å². The maximum Gasteiger partial charge on any atom is 0.194 e. The molecule has 1 aliphatic rings. The smallest absolute Gasteiger partial charge is 0.194 e. The summed E-state index contributed by atoms with van der Waals surface area (Å²) in [5, 5.41) is 3.33. The summed E-state index contributed by atoms with van der Waals surface area (Å²) in [5.74, 6) is 1.03. The first-order chi connectivity index (χ1) is 7.09. The Morgan fingerprint density at radius 3 is 2.80 bits per heavy atom. The van der Waals surface area contributed by atoms with Gasteiger partial charge in [-0.05, 0) is 18.8 Å². The highest BCUT2D eigenvalue weighted by atomic mass is 15.3. The molecule has 1 fully saturated rings. The van der Waals surface area contributed by atoms with E-state index in [-0.39, 0.29) is 0 Å². The topological polar surface area (TPSA) is 27.6 Å². The normalized spacial score (nSPS) is 20.5. The fraction of sp³-hybridized carbons (Fsp3) is 0.750. The molecule has 0 bridgehead atoms. The summed E-state index contributed by atoms with van der Waals surface area (Å²) < 4.78 is 0. The second kappa shape index (κ2) is 5.19. The van der Waals surface area contributed by atoms with E-state index in [1.165, 1.54) is 6.42 Å². The molecular formula is C12H23N3. The third-order valence-electron chi connectivity index (χ3n) is 2.68. The number of nitrogens with zero attached hydrogens (tertiary/aromatic N) is 2. The van der Waals surface area contributed by atoms with Crippen LogP contribution in [0.15, 0.2) is 17.6 Å². The van der Waals surface area contributed by atoms with Gasteiger partial charge in [-0.2, -0.15) is 0 Å². The van der Waals surface area contributed by atoms with Crippen molar-refractivity contribution in [1.29, 1.82) is 0 Å². The molecule has 0 aliphatic carbocycles. The van der Waals surface area contributed by atoms with Crippen LogP contribution in [0.2, 0.25) is 0 Å². The molecule has 15 heavy (non-hydrogen) atoms. The number of guanidine groups is 1. The van der Waals surface area contributed by atoms with Crippen molar-refractivity contribution < 1.29 is 0 Å². The van der Waals surface area contributed by atoms with Crippen LogP contribution in [-0.2, 0) is 0 Å². The molecule has 0 radical (unpaired) electrons. The van der Waals surface area contributed by atoms with Crippen molar-refractivity contribution in [2.75, 3.05) is 26.2 Å². The number of rotatable bonds is 3. The van der Waals surface area contributed by atoms with Crippen LogP contribution in [0.3, 0.4) is 0 Å². The molecule has 3 nitrogen and oxygen atoms in total. The largest absolute Gasteiger partial charge is 0.357 e. The number of hydrogen-bond donors (Lipinski definition) is 1. The maximum atomic E-state index is 4.49. The van der Waals surface area contributed by atoms with Crippen LogP contribution in [0.1, 0.15) is 27.2 Å². The lowest BCUT2D eigenvalue weighted by Gasteiger charge is -2.23. The molecule has 1 heterocycles. The Balaban J connectivity index is 2.61. The van der Waals surface area contributed by atoms with E-state index in [4.69, 9.17) is 0 Å². The van der Waals surface area contributed by atoms with Gasteiger partial charge in [0.15, 0.2) is 5.96 Å². The minimum Gasteiger partial charge on any atom is -0.357 e. The van der Waals surface area contributed by atoms with Gasteiger partial charge in [0.1, 0.15) is 0 Å². The van der Waals surface area contributed by atoms with Gasteiger partial charge in [-0.1, -0.05) is 19.9 Å². The zero-order valence-electron chi connectivity index (χ0n) is 10.2. The Morgan fingerprint density at radius 1 is 1.60 bits per heavy atom. The van der Waals surface area contributed by atoms with Gasteiger partial charge in [0.25, 0.3) is 0 Å². The van der Waals surface area contributed by atoms with Gasteiger partial charge in [0, 0.05) is 19.6 Å². The summed E-state index contributed by atoms with van der Waals surface area (Å²) in [6.45, 7) is 14.2. The monoisotopic (exact) mass is 209 g/mol. The number of likely N-dealkylation sites (tertiary alicyclic amines) is 1. The summed E-state index contributed by atoms with van der Waals surface area (Å²) in [6, 6.07) is 0. The Bertz CT molecular complexity index is 243. The molecule has 1 saturated heterocycles. The van der Waals surface area contributed by atoms with Gasteiger partial charge < -0.3 is 10.2 Å². The summed E-state index contributed by atoms with van der Waals surface area (Å²) in [6.07, 6.45) is 3.07. The molecule has 86 valence electrons. The van der Waals surface area contributed by atoms with Crippen LogP contribution in [-0.4, -0.2) is 37.0 Å². The van der Waals surface area contributed by atoms with Gasteiger partial charge in [-0.15, -0.1) is 6.58 Å². The van der Waals surface area contributed by atoms with E-state index in [0.717, 1.165) is 25.6 Å². The molecule has 0 aromatic carbocycles. The van der Waals surface area contributed by atoms with Crippen LogP contribution in [0, 0.1) is 5.41 Å². The van der Waals surface area contributed by atoms with E-state index in [9.17, 15) is 0 Å². The van der Waals surface area contributed by atoms with Gasteiger partial charge >= 0.3 is 0 Å². The van der Waals surface area contributed by atoms with Crippen molar-refractivity contribution in [3.63, 3.8) is 0 Å². The average Bonchev–Trinajstić information content (AvgIpc) is 2.53. The predicted molar refractivity (Wildman–Crippen MR) is 66.1 cm³/mol. The average molecular weight is 209 g/mol. The van der Waals surface area contributed by atoms with Crippen molar-refractivity contribution >= 4 is 5.96 Å². The predicted octanol–water partition coefficient (Wildman–Crippen LogP) is 1.87. The standard InChI is InChI=1S/C12H23N3/c1-5-8-14-11(13-6-2)15-9-7-12(3,4)10-15/h5H,1,6-10H2,2-4H3,(H,13,14). The molecule has 1 rings (SSSR count). The first-order valence-electron chi connectivity index (χ1n) is 5.73. The fourth-order valence-electron chi connectivity index (χ4n) is 1.87. The number of hydrogen-bond acceptors (Lipinski definition) is 1. The molecule has 0 aromatic heterocycles. The highest BCUT2D eigenvalue weighted by molar-refractivity contribution is 5.80. The maximum absolute atomic E-state index is 4.49. The Hall–Kier alpha value is -0.990. The lowest BCUT2D eigenvalue weighted by Crippen LogP contribution is -2.40. The molecule has 0 atom stereocenters. The van der Waals surface area contributed by atoms with Crippen LogP contribution < -0.4 is 5.32 Å². The molecule has 0 spiro atoms. The quantitative estimate of drug-likeness (QED) is 0.436. The third-order valence-corrected chi connectivity index (χ3v) is 2.68. The van der Waals surface area contributed by atoms with E-state index in [1.54, 1.807) is 0 Å². The Labute approximate surface area is 93.3 Å². The molecule has 0 saturated carbocycles. The van der Waals surface area contributed by atoms with Crippen LogP contribution in [0.4, 0.5) is 0 Å². The van der Waals surface area contributed by atoms with Gasteiger partial charge in [0.2, 0.25) is 0 Å². The van der Waals surface area contributed by atoms with Crippen molar-refractivity contribution in [3.05, 3.63) is 12.7 Å². The molecule has 1 N–H and O–H groups in total. The minimum atomic E-state index is 0.421. The minimum absolute atomic E-state index is 0.421. The van der Waals surface area contributed by atoms with E-state index in [2.05, 4.69) is 42.6 Å². The van der Waals surface area contributed by atoms with E-state index >= 15 is 0 Å². The highest BCUT2D eigenvalue weighted by Gasteiger charge is 2.30. The molecule has 3 heteroatoms. The Kier molecular flexibility index (Phi) is 4.18. The third kappa shape index (κ3) is 3.57. The fourth-order valence-corrected chi connectivity index (χ4v) is 1.87. The van der Waals surface area contributed by atoms with Gasteiger partial charge in [-0.3, -0.25) is 0 Å². The zero-order valence-corrected chi connectivity index (χ0v) is 10.2. The summed E-state index contributed by atoms with van der Waals surface area (Å²) >= 11 is 0. The first kappa shape index (κ1) is 12.1. The summed E-state index contributed by atoms with van der Waals surface area (Å²) in [7, 11) is 0. The zero-order chi connectivity index (χ0) is 11.3. The number of nitrogens with one attached hydrogen (secondary N) is 1. The summed E-state index contributed by atoms with van der Waals surface area (Å²) in [4.78, 5) is 6.83. The van der Waals surface area contributed by atoms with Crippen molar-refractivity contribution in [1.82, 2.24) is 10.2 Å². The lowest BCUT2D eigenvalue weighted by molar-refractivity contribution is 0.370. The van der Waals surface area contributed by atoms with Gasteiger partial charge in [-0.25, -0.2) is 4.99 Å².